The normalized spacial score (nSPS) is 11.2. The van der Waals surface area contributed by atoms with E-state index < -0.39 is 4.50 Å². The number of rotatable bonds is 16. The molecule has 1 radical (unpaired) electrons. The zero-order chi connectivity index (χ0) is 18.5. The van der Waals surface area contributed by atoms with E-state index in [1.807, 2.05) is 0 Å². The molecule has 0 bridgehead atoms. The van der Waals surface area contributed by atoms with Gasteiger partial charge in [-0.3, -0.25) is 0 Å². The van der Waals surface area contributed by atoms with E-state index in [2.05, 4.69) is 61.6 Å². The van der Waals surface area contributed by atoms with Crippen molar-refractivity contribution in [3.05, 3.63) is 0 Å². The first-order valence-corrected chi connectivity index (χ1v) is 16.3. The number of hydrogen-bond acceptors (Lipinski definition) is 3. The first kappa shape index (κ1) is 27.6. The van der Waals surface area contributed by atoms with Crippen molar-refractivity contribution in [2.45, 2.75) is 97.8 Å². The Labute approximate surface area is 168 Å². The predicted molar refractivity (Wildman–Crippen MR) is 116 cm³/mol. The van der Waals surface area contributed by atoms with Gasteiger partial charge in [-0.25, -0.2) is 0 Å². The van der Waals surface area contributed by atoms with Gasteiger partial charge >= 0.3 is 124 Å². The van der Waals surface area contributed by atoms with Crippen LogP contribution >= 0.6 is 4.50 Å². The summed E-state index contributed by atoms with van der Waals surface area (Å²) in [7, 11) is 0. The number of nitrogens with two attached hydrogens (primary N) is 1. The fraction of sp³-hybridized carbons (Fsp3) is 1.00. The van der Waals surface area contributed by atoms with Crippen LogP contribution in [-0.2, 0) is 0 Å². The molecular weight excluding hydrogens is 447 g/mol. The summed E-state index contributed by atoms with van der Waals surface area (Å²) < 4.78 is -1.29. The van der Waals surface area contributed by atoms with Crippen LogP contribution < -0.4 is 15.9 Å². The molecule has 0 rings (SSSR count). The summed E-state index contributed by atoms with van der Waals surface area (Å²) in [4.78, 5) is 0. The molecule has 147 valence electrons. The summed E-state index contributed by atoms with van der Waals surface area (Å²) >= 11 is 6.54. The summed E-state index contributed by atoms with van der Waals surface area (Å²) in [6.07, 6.45) is 15.8. The van der Waals surface area contributed by atoms with Gasteiger partial charge < -0.3 is 5.73 Å². The number of unbranched alkanes of at least 4 members (excludes halogenated alkanes) is 9. The first-order chi connectivity index (χ1) is 11.5. The molecule has 4 N–H and O–H groups in total. The van der Waals surface area contributed by atoms with Crippen molar-refractivity contribution in [3.63, 3.8) is 0 Å². The van der Waals surface area contributed by atoms with Crippen LogP contribution in [0.2, 0.25) is 0 Å². The Kier molecular flexibility index (Phi) is 25.7. The Morgan fingerprint density at radius 2 is 1.04 bits per heavy atom. The van der Waals surface area contributed by atoms with Crippen LogP contribution in [0.25, 0.3) is 0 Å². The molecule has 0 aromatic heterocycles. The third-order valence-corrected chi connectivity index (χ3v) is 8.29. The number of nitrogens with one attached hydrogen (secondary N) is 2. The van der Waals surface area contributed by atoms with Crippen LogP contribution in [0.15, 0.2) is 0 Å². The zero-order valence-electron chi connectivity index (χ0n) is 16.4. The molecule has 0 unspecified atom stereocenters. The summed E-state index contributed by atoms with van der Waals surface area (Å²) in [6, 6.07) is 0. The van der Waals surface area contributed by atoms with Crippen molar-refractivity contribution in [1.29, 1.82) is 0 Å². The van der Waals surface area contributed by atoms with Gasteiger partial charge in [-0.15, -0.1) is 0 Å². The van der Waals surface area contributed by atoms with Gasteiger partial charge in [-0.1, -0.05) is 26.2 Å². The third kappa shape index (κ3) is 25.6. The van der Waals surface area contributed by atoms with Crippen LogP contribution in [0.1, 0.15) is 97.8 Å². The molecule has 6 heteroatoms. The Morgan fingerprint density at radius 1 is 0.667 bits per heavy atom. The molecule has 0 saturated carbocycles. The van der Waals surface area contributed by atoms with Crippen LogP contribution in [-0.4, -0.2) is 50.3 Å². The summed E-state index contributed by atoms with van der Waals surface area (Å²) in [5.41, 5.74) is 5.27. The fourth-order valence-electron chi connectivity index (χ4n) is 2.18. The average Bonchev–Trinajstić information content (AvgIpc) is 2.55. The van der Waals surface area contributed by atoms with E-state index in [1.54, 1.807) is 0 Å². The molecule has 0 amide bonds. The Hall–Kier alpha value is 1.35. The molecule has 0 aliphatic heterocycles. The van der Waals surface area contributed by atoms with E-state index in [0.29, 0.717) is 0 Å². The van der Waals surface area contributed by atoms with E-state index in [1.165, 1.54) is 77.0 Å². The molecule has 0 aliphatic carbocycles. The standard InChI is InChI=1S/C12H28N2PSe2.C6H15N/c1-3-5-7-9-11-13-15(16,17)14-12-10-8-6-4-2;1-2-3-4-5-6-7/h3-12H2,1-2H3,(H2,13,14,16);2-7H2,1H3. The van der Waals surface area contributed by atoms with Crippen molar-refractivity contribution in [3.8, 4) is 0 Å². The summed E-state index contributed by atoms with van der Waals surface area (Å²) in [5, 5.41) is 7.20. The molecule has 0 saturated heterocycles. The van der Waals surface area contributed by atoms with Crippen molar-refractivity contribution >= 4 is 35.2 Å². The van der Waals surface area contributed by atoms with E-state index >= 15 is 0 Å². The van der Waals surface area contributed by atoms with Crippen LogP contribution in [0.5, 0.6) is 0 Å². The van der Waals surface area contributed by atoms with Crippen LogP contribution in [0, 0.1) is 0 Å². The molecule has 0 atom stereocenters. The SMILES string of the molecule is CCCCCCN.CCCCCCNP([Se])(=[Se])NCCCCCC. The zero-order valence-corrected chi connectivity index (χ0v) is 20.8. The van der Waals surface area contributed by atoms with Crippen molar-refractivity contribution < 1.29 is 0 Å². The topological polar surface area (TPSA) is 50.1 Å². The number of hydrogen-bond donors (Lipinski definition) is 3. The monoisotopic (exact) mass is 492 g/mol. The van der Waals surface area contributed by atoms with E-state index in [-0.39, 0.29) is 0 Å². The van der Waals surface area contributed by atoms with Crippen molar-refractivity contribution in [1.82, 2.24) is 10.2 Å². The minimum atomic E-state index is -1.29. The second kappa shape index (κ2) is 22.4. The molecule has 0 heterocycles. The maximum atomic E-state index is 5.27. The molecule has 0 aromatic carbocycles. The predicted octanol–water partition coefficient (Wildman–Crippen LogP) is 4.87. The average molecular weight is 490 g/mol. The molecule has 0 aliphatic rings. The summed E-state index contributed by atoms with van der Waals surface area (Å²) in [5.74, 6) is 0. The summed E-state index contributed by atoms with van der Waals surface area (Å²) in [6.45, 7) is 9.82. The second-order valence-electron chi connectivity index (χ2n) is 6.34. The Morgan fingerprint density at radius 3 is 1.38 bits per heavy atom. The maximum absolute atomic E-state index is 5.27. The van der Waals surface area contributed by atoms with Crippen LogP contribution in [0.4, 0.5) is 0 Å². The fourth-order valence-corrected chi connectivity index (χ4v) is 5.50. The van der Waals surface area contributed by atoms with Gasteiger partial charge in [0.05, 0.1) is 0 Å². The third-order valence-electron chi connectivity index (χ3n) is 3.76. The Bertz CT molecular complexity index is 257. The van der Waals surface area contributed by atoms with Gasteiger partial charge in [0, 0.05) is 0 Å². The van der Waals surface area contributed by atoms with Gasteiger partial charge in [0.25, 0.3) is 0 Å². The van der Waals surface area contributed by atoms with Gasteiger partial charge in [-0.2, -0.15) is 0 Å². The quantitative estimate of drug-likeness (QED) is 0.165. The van der Waals surface area contributed by atoms with Crippen LogP contribution in [0.3, 0.4) is 0 Å². The van der Waals surface area contributed by atoms with Gasteiger partial charge in [0.2, 0.25) is 0 Å². The molecule has 0 spiro atoms. The van der Waals surface area contributed by atoms with Crippen molar-refractivity contribution in [2.75, 3.05) is 19.6 Å². The first-order valence-electron chi connectivity index (χ1n) is 10.0. The van der Waals surface area contributed by atoms with Gasteiger partial charge in [0.1, 0.15) is 0 Å². The molecular formula is C18H43N3PSe2. The van der Waals surface area contributed by atoms with Gasteiger partial charge in [-0.05, 0) is 13.0 Å². The second-order valence-corrected chi connectivity index (χ2v) is 18.5. The van der Waals surface area contributed by atoms with E-state index in [4.69, 9.17) is 5.73 Å². The van der Waals surface area contributed by atoms with E-state index in [9.17, 15) is 0 Å². The van der Waals surface area contributed by atoms with Crippen molar-refractivity contribution in [2.24, 2.45) is 5.73 Å². The molecule has 24 heavy (non-hydrogen) atoms. The molecule has 3 nitrogen and oxygen atoms in total. The minimum absolute atomic E-state index is 0.861. The van der Waals surface area contributed by atoms with E-state index in [0.717, 1.165) is 19.6 Å². The molecule has 0 aromatic rings. The van der Waals surface area contributed by atoms with Gasteiger partial charge in [0.15, 0.2) is 0 Å². The Balaban J connectivity index is 0. The molecule has 0 fully saturated rings.